The van der Waals surface area contributed by atoms with Crippen molar-refractivity contribution in [1.82, 2.24) is 10.2 Å². The van der Waals surface area contributed by atoms with E-state index in [1.165, 1.54) is 6.07 Å². The van der Waals surface area contributed by atoms with E-state index in [0.29, 0.717) is 4.47 Å². The molecule has 0 radical (unpaired) electrons. The van der Waals surface area contributed by atoms with E-state index in [1.54, 1.807) is 6.07 Å². The SMILES string of the molecule is C[C@@H](c1cccc(F)c1Br)N1CCNCC1.Cl. The fourth-order valence-electron chi connectivity index (χ4n) is 2.11. The lowest BCUT2D eigenvalue weighted by atomic mass is 10.1. The van der Waals surface area contributed by atoms with Crippen LogP contribution in [0, 0.1) is 5.82 Å². The molecule has 0 spiro atoms. The molecule has 2 rings (SSSR count). The second-order valence-corrected chi connectivity index (χ2v) is 4.90. The van der Waals surface area contributed by atoms with Crippen molar-refractivity contribution in [2.75, 3.05) is 26.2 Å². The van der Waals surface area contributed by atoms with Gasteiger partial charge in [-0.1, -0.05) is 12.1 Å². The minimum atomic E-state index is -0.181. The summed E-state index contributed by atoms with van der Waals surface area (Å²) in [4.78, 5) is 2.37. The first kappa shape index (κ1) is 14.9. The summed E-state index contributed by atoms with van der Waals surface area (Å²) in [5.41, 5.74) is 1.03. The molecule has 1 atom stereocenters. The number of piperazine rings is 1. The first-order chi connectivity index (χ1) is 7.70. The normalized spacial score (nSPS) is 18.5. The Bertz CT molecular complexity index is 370. The summed E-state index contributed by atoms with van der Waals surface area (Å²) in [5.74, 6) is -0.181. The molecule has 1 aromatic rings. The molecule has 5 heteroatoms. The number of rotatable bonds is 2. The van der Waals surface area contributed by atoms with E-state index in [9.17, 15) is 4.39 Å². The third-order valence-corrected chi connectivity index (χ3v) is 3.97. The van der Waals surface area contributed by atoms with Crippen molar-refractivity contribution < 1.29 is 4.39 Å². The summed E-state index contributed by atoms with van der Waals surface area (Å²) < 4.78 is 14.0. The van der Waals surface area contributed by atoms with Crippen molar-refractivity contribution in [3.63, 3.8) is 0 Å². The van der Waals surface area contributed by atoms with Gasteiger partial charge in [0.25, 0.3) is 0 Å². The molecule has 1 saturated heterocycles. The highest BCUT2D eigenvalue weighted by molar-refractivity contribution is 9.10. The van der Waals surface area contributed by atoms with Crippen LogP contribution in [0.4, 0.5) is 4.39 Å². The van der Waals surface area contributed by atoms with Gasteiger partial charge in [-0.05, 0) is 34.5 Å². The second kappa shape index (κ2) is 6.69. The maximum Gasteiger partial charge on any atom is 0.137 e. The minimum Gasteiger partial charge on any atom is -0.314 e. The molecule has 0 aliphatic carbocycles. The van der Waals surface area contributed by atoms with E-state index in [4.69, 9.17) is 0 Å². The van der Waals surface area contributed by atoms with Gasteiger partial charge >= 0.3 is 0 Å². The van der Waals surface area contributed by atoms with Crippen molar-refractivity contribution in [2.24, 2.45) is 0 Å². The summed E-state index contributed by atoms with van der Waals surface area (Å²) in [6, 6.07) is 5.50. The first-order valence-corrected chi connectivity index (χ1v) is 6.38. The zero-order chi connectivity index (χ0) is 11.5. The molecule has 17 heavy (non-hydrogen) atoms. The van der Waals surface area contributed by atoms with Crippen LogP contribution in [-0.4, -0.2) is 31.1 Å². The van der Waals surface area contributed by atoms with Crippen molar-refractivity contribution in [2.45, 2.75) is 13.0 Å². The molecule has 1 N–H and O–H groups in total. The van der Waals surface area contributed by atoms with Crippen LogP contribution in [0.1, 0.15) is 18.5 Å². The number of halogens is 3. The lowest BCUT2D eigenvalue weighted by Crippen LogP contribution is -2.44. The molecule has 1 aromatic carbocycles. The third kappa shape index (κ3) is 3.41. The quantitative estimate of drug-likeness (QED) is 0.900. The molecule has 1 heterocycles. The zero-order valence-electron chi connectivity index (χ0n) is 9.75. The number of nitrogens with one attached hydrogen (secondary N) is 1. The summed E-state index contributed by atoms with van der Waals surface area (Å²) in [7, 11) is 0. The first-order valence-electron chi connectivity index (χ1n) is 5.59. The molecule has 0 unspecified atom stereocenters. The van der Waals surface area contributed by atoms with Crippen LogP contribution in [0.5, 0.6) is 0 Å². The van der Waals surface area contributed by atoms with Gasteiger partial charge in [0.2, 0.25) is 0 Å². The highest BCUT2D eigenvalue weighted by Gasteiger charge is 2.20. The third-order valence-electron chi connectivity index (χ3n) is 3.13. The van der Waals surface area contributed by atoms with Gasteiger partial charge in [-0.15, -0.1) is 12.4 Å². The fourth-order valence-corrected chi connectivity index (χ4v) is 2.70. The van der Waals surface area contributed by atoms with E-state index < -0.39 is 0 Å². The average Bonchev–Trinajstić information content (AvgIpc) is 2.33. The molecule has 1 fully saturated rings. The van der Waals surface area contributed by atoms with Gasteiger partial charge in [0, 0.05) is 32.2 Å². The molecular weight excluding hydrogens is 307 g/mol. The average molecular weight is 324 g/mol. The van der Waals surface area contributed by atoms with Crippen LogP contribution < -0.4 is 5.32 Å². The summed E-state index contributed by atoms with van der Waals surface area (Å²) in [6.45, 7) is 6.19. The van der Waals surface area contributed by atoms with Gasteiger partial charge in [-0.3, -0.25) is 4.90 Å². The summed E-state index contributed by atoms with van der Waals surface area (Å²) in [5, 5.41) is 3.32. The van der Waals surface area contributed by atoms with Gasteiger partial charge in [0.05, 0.1) is 4.47 Å². The predicted octanol–water partition coefficient (Wildman–Crippen LogP) is 2.98. The predicted molar refractivity (Wildman–Crippen MR) is 74.2 cm³/mol. The van der Waals surface area contributed by atoms with E-state index in [0.717, 1.165) is 31.7 Å². The Balaban J connectivity index is 0.00000144. The highest BCUT2D eigenvalue weighted by Crippen LogP contribution is 2.29. The number of nitrogens with zero attached hydrogens (tertiary/aromatic N) is 1. The van der Waals surface area contributed by atoms with Crippen LogP contribution in [0.15, 0.2) is 22.7 Å². The van der Waals surface area contributed by atoms with Crippen molar-refractivity contribution in [3.05, 3.63) is 34.1 Å². The Morgan fingerprint density at radius 2 is 2.00 bits per heavy atom. The lowest BCUT2D eigenvalue weighted by molar-refractivity contribution is 0.185. The number of hydrogen-bond acceptors (Lipinski definition) is 2. The van der Waals surface area contributed by atoms with Gasteiger partial charge in [-0.2, -0.15) is 0 Å². The molecule has 0 bridgehead atoms. The largest absolute Gasteiger partial charge is 0.314 e. The Morgan fingerprint density at radius 1 is 1.35 bits per heavy atom. The summed E-state index contributed by atoms with van der Waals surface area (Å²) in [6.07, 6.45) is 0. The van der Waals surface area contributed by atoms with E-state index in [2.05, 4.69) is 33.1 Å². The van der Waals surface area contributed by atoms with Crippen LogP contribution >= 0.6 is 28.3 Å². The highest BCUT2D eigenvalue weighted by atomic mass is 79.9. The molecule has 2 nitrogen and oxygen atoms in total. The van der Waals surface area contributed by atoms with Crippen molar-refractivity contribution >= 4 is 28.3 Å². The lowest BCUT2D eigenvalue weighted by Gasteiger charge is -2.33. The zero-order valence-corrected chi connectivity index (χ0v) is 12.2. The van der Waals surface area contributed by atoms with Crippen LogP contribution in [0.3, 0.4) is 0 Å². The fraction of sp³-hybridized carbons (Fsp3) is 0.500. The smallest absolute Gasteiger partial charge is 0.137 e. The van der Waals surface area contributed by atoms with Gasteiger partial charge in [0.1, 0.15) is 5.82 Å². The van der Waals surface area contributed by atoms with Gasteiger partial charge < -0.3 is 5.32 Å². The molecule has 0 saturated carbocycles. The van der Waals surface area contributed by atoms with Crippen molar-refractivity contribution in [3.8, 4) is 0 Å². The topological polar surface area (TPSA) is 15.3 Å². The van der Waals surface area contributed by atoms with Crippen molar-refractivity contribution in [1.29, 1.82) is 0 Å². The Labute approximate surface area is 116 Å². The Morgan fingerprint density at radius 3 is 2.65 bits per heavy atom. The van der Waals surface area contributed by atoms with Crippen LogP contribution in [0.25, 0.3) is 0 Å². The maximum absolute atomic E-state index is 13.4. The Hall–Kier alpha value is -0.160. The van der Waals surface area contributed by atoms with E-state index in [-0.39, 0.29) is 24.3 Å². The maximum atomic E-state index is 13.4. The van der Waals surface area contributed by atoms with Gasteiger partial charge in [0.15, 0.2) is 0 Å². The molecule has 1 aliphatic heterocycles. The molecule has 96 valence electrons. The minimum absolute atomic E-state index is 0. The second-order valence-electron chi connectivity index (χ2n) is 4.10. The molecular formula is C12H17BrClFN2. The standard InChI is InChI=1S/C12H16BrFN2.ClH/c1-9(16-7-5-15-6-8-16)10-3-2-4-11(14)12(10)13;/h2-4,9,15H,5-8H2,1H3;1H/t9-;/m0./s1. The van der Waals surface area contributed by atoms with E-state index in [1.807, 2.05) is 6.07 Å². The molecule has 0 aromatic heterocycles. The van der Waals surface area contributed by atoms with Crippen LogP contribution in [0.2, 0.25) is 0 Å². The number of benzene rings is 1. The van der Waals surface area contributed by atoms with E-state index >= 15 is 0 Å². The van der Waals surface area contributed by atoms with Crippen LogP contribution in [-0.2, 0) is 0 Å². The summed E-state index contributed by atoms with van der Waals surface area (Å²) >= 11 is 3.33. The number of hydrogen-bond donors (Lipinski definition) is 1. The Kier molecular flexibility index (Phi) is 5.86. The monoisotopic (exact) mass is 322 g/mol. The molecule has 0 amide bonds. The van der Waals surface area contributed by atoms with Gasteiger partial charge in [-0.25, -0.2) is 4.39 Å². The molecule has 1 aliphatic rings.